The van der Waals surface area contributed by atoms with Crippen LogP contribution in [-0.4, -0.2) is 21.7 Å². The number of carbonyl (C=O) groups excluding carboxylic acids is 1. The summed E-state index contributed by atoms with van der Waals surface area (Å²) in [7, 11) is 0. The third-order valence-corrected chi connectivity index (χ3v) is 5.70. The van der Waals surface area contributed by atoms with E-state index < -0.39 is 0 Å². The van der Waals surface area contributed by atoms with E-state index in [0.717, 1.165) is 29.1 Å². The van der Waals surface area contributed by atoms with Gasteiger partial charge in [0.05, 0.1) is 10.6 Å². The number of thiophene rings is 1. The second-order valence-corrected chi connectivity index (χ2v) is 7.99. The van der Waals surface area contributed by atoms with Crippen molar-refractivity contribution in [3.8, 4) is 16.3 Å². The number of aromatic nitrogens is 2. The van der Waals surface area contributed by atoms with Crippen LogP contribution in [-0.2, 0) is 6.42 Å². The van der Waals surface area contributed by atoms with Crippen molar-refractivity contribution >= 4 is 17.2 Å². The lowest BCUT2D eigenvalue weighted by molar-refractivity contribution is 0.0930. The number of hydrogen-bond donors (Lipinski definition) is 1. The van der Waals surface area contributed by atoms with Crippen LogP contribution in [0.4, 0.5) is 0 Å². The molecule has 2 aromatic heterocycles. The van der Waals surface area contributed by atoms with Crippen LogP contribution in [0.3, 0.4) is 0 Å². The van der Waals surface area contributed by atoms with E-state index in [1.807, 2.05) is 79.0 Å². The van der Waals surface area contributed by atoms with E-state index in [0.29, 0.717) is 5.69 Å². The van der Waals surface area contributed by atoms with Crippen LogP contribution in [0.2, 0.25) is 0 Å². The molecule has 4 rings (SSSR count). The molecule has 29 heavy (non-hydrogen) atoms. The summed E-state index contributed by atoms with van der Waals surface area (Å²) in [4.78, 5) is 14.1. The second-order valence-electron chi connectivity index (χ2n) is 7.04. The number of carbonyl (C=O) groups is 1. The van der Waals surface area contributed by atoms with E-state index in [1.54, 1.807) is 16.0 Å². The van der Waals surface area contributed by atoms with Gasteiger partial charge in [-0.15, -0.1) is 11.3 Å². The first-order valence-electron chi connectivity index (χ1n) is 9.75. The predicted octanol–water partition coefficient (Wildman–Crippen LogP) is 5.35. The maximum absolute atomic E-state index is 13.1. The van der Waals surface area contributed by atoms with Crippen molar-refractivity contribution in [1.29, 1.82) is 0 Å². The van der Waals surface area contributed by atoms with Crippen molar-refractivity contribution in [2.75, 3.05) is 0 Å². The molecule has 0 fully saturated rings. The highest BCUT2D eigenvalue weighted by Crippen LogP contribution is 2.26. The Balaban J connectivity index is 1.53. The van der Waals surface area contributed by atoms with Crippen molar-refractivity contribution in [3.63, 3.8) is 0 Å². The number of nitrogens with zero attached hydrogens (tertiary/aromatic N) is 2. The van der Waals surface area contributed by atoms with Crippen LogP contribution in [0.15, 0.2) is 84.2 Å². The van der Waals surface area contributed by atoms with Gasteiger partial charge in [0, 0.05) is 6.04 Å². The average molecular weight is 402 g/mol. The summed E-state index contributed by atoms with van der Waals surface area (Å²) in [6.07, 6.45) is 1.81. The summed E-state index contributed by atoms with van der Waals surface area (Å²) in [5.74, 6) is -0.107. The van der Waals surface area contributed by atoms with E-state index in [4.69, 9.17) is 5.10 Å². The van der Waals surface area contributed by atoms with Gasteiger partial charge in [-0.3, -0.25) is 4.79 Å². The SMILES string of the molecule is CC(CCc1ccccc1)NC(=O)c1cc(-c2cccs2)nn1-c1ccccc1. The quantitative estimate of drug-likeness (QED) is 0.454. The summed E-state index contributed by atoms with van der Waals surface area (Å²) in [6, 6.07) is 26.1. The van der Waals surface area contributed by atoms with Gasteiger partial charge in [0.2, 0.25) is 0 Å². The summed E-state index contributed by atoms with van der Waals surface area (Å²) in [5.41, 5.74) is 3.51. The van der Waals surface area contributed by atoms with Gasteiger partial charge in [-0.2, -0.15) is 5.10 Å². The molecule has 0 bridgehead atoms. The van der Waals surface area contributed by atoms with E-state index in [2.05, 4.69) is 17.4 Å². The molecule has 0 radical (unpaired) electrons. The predicted molar refractivity (Wildman–Crippen MR) is 119 cm³/mol. The number of aryl methyl sites for hydroxylation is 1. The Morgan fingerprint density at radius 1 is 1.03 bits per heavy atom. The van der Waals surface area contributed by atoms with Crippen molar-refractivity contribution in [1.82, 2.24) is 15.1 Å². The molecule has 0 aliphatic carbocycles. The molecular weight excluding hydrogens is 378 g/mol. The van der Waals surface area contributed by atoms with Crippen molar-refractivity contribution in [2.24, 2.45) is 0 Å². The monoisotopic (exact) mass is 401 g/mol. The van der Waals surface area contributed by atoms with E-state index in [9.17, 15) is 4.79 Å². The maximum Gasteiger partial charge on any atom is 0.270 e. The molecule has 1 amide bonds. The number of nitrogens with one attached hydrogen (secondary N) is 1. The zero-order chi connectivity index (χ0) is 20.1. The number of rotatable bonds is 7. The maximum atomic E-state index is 13.1. The lowest BCUT2D eigenvalue weighted by atomic mass is 10.1. The van der Waals surface area contributed by atoms with Gasteiger partial charge >= 0.3 is 0 Å². The fourth-order valence-electron chi connectivity index (χ4n) is 3.25. The third-order valence-electron chi connectivity index (χ3n) is 4.80. The van der Waals surface area contributed by atoms with Gasteiger partial charge in [-0.05, 0) is 55.0 Å². The molecule has 0 aliphatic heterocycles. The summed E-state index contributed by atoms with van der Waals surface area (Å²) in [6.45, 7) is 2.05. The van der Waals surface area contributed by atoms with Crippen molar-refractivity contribution in [3.05, 3.63) is 95.5 Å². The van der Waals surface area contributed by atoms with Crippen LogP contribution >= 0.6 is 11.3 Å². The van der Waals surface area contributed by atoms with E-state index in [-0.39, 0.29) is 11.9 Å². The molecule has 2 aromatic carbocycles. The Kier molecular flexibility index (Phi) is 5.86. The van der Waals surface area contributed by atoms with Crippen molar-refractivity contribution in [2.45, 2.75) is 25.8 Å². The van der Waals surface area contributed by atoms with Gasteiger partial charge in [-0.1, -0.05) is 54.6 Å². The molecular formula is C24H23N3OS. The minimum Gasteiger partial charge on any atom is -0.348 e. The summed E-state index contributed by atoms with van der Waals surface area (Å²) < 4.78 is 1.73. The lowest BCUT2D eigenvalue weighted by Gasteiger charge is -2.14. The number of benzene rings is 2. The molecule has 0 aliphatic rings. The minimum absolute atomic E-state index is 0.0621. The fraction of sp³-hybridized carbons (Fsp3) is 0.167. The lowest BCUT2D eigenvalue weighted by Crippen LogP contribution is -2.34. The first-order chi connectivity index (χ1) is 14.2. The van der Waals surface area contributed by atoms with Crippen LogP contribution in [0.25, 0.3) is 16.3 Å². The Labute approximate surface area is 174 Å². The Hall–Kier alpha value is -3.18. The normalized spacial score (nSPS) is 11.9. The Morgan fingerprint density at radius 2 is 1.76 bits per heavy atom. The smallest absolute Gasteiger partial charge is 0.270 e. The average Bonchev–Trinajstić information content (AvgIpc) is 3.43. The van der Waals surface area contributed by atoms with Gasteiger partial charge in [0.15, 0.2) is 0 Å². The first kappa shape index (κ1) is 19.2. The highest BCUT2D eigenvalue weighted by Gasteiger charge is 2.19. The molecule has 1 N–H and O–H groups in total. The van der Waals surface area contributed by atoms with Gasteiger partial charge < -0.3 is 5.32 Å². The van der Waals surface area contributed by atoms with Gasteiger partial charge in [0.25, 0.3) is 5.91 Å². The van der Waals surface area contributed by atoms with E-state index in [1.165, 1.54) is 5.56 Å². The molecule has 0 saturated heterocycles. The third kappa shape index (κ3) is 4.63. The molecule has 1 atom stereocenters. The fourth-order valence-corrected chi connectivity index (χ4v) is 3.93. The van der Waals surface area contributed by atoms with Crippen LogP contribution in [0, 0.1) is 0 Å². The molecule has 4 nitrogen and oxygen atoms in total. The molecule has 5 heteroatoms. The molecule has 2 heterocycles. The number of hydrogen-bond acceptors (Lipinski definition) is 3. The highest BCUT2D eigenvalue weighted by atomic mass is 32.1. The standard InChI is InChI=1S/C24H23N3OS/c1-18(14-15-19-9-4-2-5-10-19)25-24(28)22-17-21(23-13-8-16-29-23)26-27(22)20-11-6-3-7-12-20/h2-13,16-18H,14-15H2,1H3,(H,25,28). The minimum atomic E-state index is -0.107. The number of amides is 1. The first-order valence-corrected chi connectivity index (χ1v) is 10.6. The topological polar surface area (TPSA) is 46.9 Å². The number of para-hydroxylation sites is 1. The molecule has 1 unspecified atom stereocenters. The summed E-state index contributed by atoms with van der Waals surface area (Å²) in [5, 5.41) is 9.87. The van der Waals surface area contributed by atoms with Crippen molar-refractivity contribution < 1.29 is 4.79 Å². The van der Waals surface area contributed by atoms with E-state index >= 15 is 0 Å². The van der Waals surface area contributed by atoms with Crippen LogP contribution in [0.5, 0.6) is 0 Å². The Bertz CT molecular complexity index is 1060. The van der Waals surface area contributed by atoms with Crippen LogP contribution in [0.1, 0.15) is 29.4 Å². The zero-order valence-electron chi connectivity index (χ0n) is 16.3. The van der Waals surface area contributed by atoms with Gasteiger partial charge in [-0.25, -0.2) is 4.68 Å². The molecule has 146 valence electrons. The largest absolute Gasteiger partial charge is 0.348 e. The molecule has 0 saturated carbocycles. The van der Waals surface area contributed by atoms with Crippen LogP contribution < -0.4 is 5.32 Å². The Morgan fingerprint density at radius 3 is 2.45 bits per heavy atom. The second kappa shape index (κ2) is 8.88. The summed E-state index contributed by atoms with van der Waals surface area (Å²) >= 11 is 1.62. The highest BCUT2D eigenvalue weighted by molar-refractivity contribution is 7.13. The molecule has 0 spiro atoms. The molecule has 4 aromatic rings. The zero-order valence-corrected chi connectivity index (χ0v) is 17.1. The van der Waals surface area contributed by atoms with Gasteiger partial charge in [0.1, 0.15) is 11.4 Å².